The second-order valence-corrected chi connectivity index (χ2v) is 5.92. The molecule has 1 N–H and O–H groups in total. The fourth-order valence-corrected chi connectivity index (χ4v) is 3.26. The molecule has 1 unspecified atom stereocenters. The summed E-state index contributed by atoms with van der Waals surface area (Å²) in [5, 5.41) is 6.45. The van der Waals surface area contributed by atoms with Crippen molar-refractivity contribution in [1.29, 1.82) is 0 Å². The number of thiophene rings is 1. The molecule has 1 aliphatic heterocycles. The van der Waals surface area contributed by atoms with Crippen LogP contribution in [0.3, 0.4) is 0 Å². The van der Waals surface area contributed by atoms with Crippen LogP contribution >= 0.6 is 11.3 Å². The molecule has 3 rings (SSSR count). The van der Waals surface area contributed by atoms with Gasteiger partial charge in [-0.3, -0.25) is 0 Å². The highest BCUT2D eigenvalue weighted by Crippen LogP contribution is 2.30. The fraction of sp³-hybridized carbons (Fsp3) is 0.571. The lowest BCUT2D eigenvalue weighted by atomic mass is 10.3. The molecule has 2 aromatic heterocycles. The highest BCUT2D eigenvalue weighted by molar-refractivity contribution is 7.16. The van der Waals surface area contributed by atoms with Crippen molar-refractivity contribution >= 4 is 33.3 Å². The minimum Gasteiger partial charge on any atom is -0.377 e. The van der Waals surface area contributed by atoms with E-state index in [1.165, 1.54) is 0 Å². The van der Waals surface area contributed by atoms with Gasteiger partial charge >= 0.3 is 0 Å². The monoisotopic (exact) mass is 292 g/mol. The van der Waals surface area contributed by atoms with Crippen molar-refractivity contribution in [3.8, 4) is 0 Å². The van der Waals surface area contributed by atoms with Gasteiger partial charge in [-0.1, -0.05) is 0 Å². The Morgan fingerprint density at radius 2 is 2.40 bits per heavy atom. The third-order valence-corrected chi connectivity index (χ3v) is 4.20. The molecule has 3 heterocycles. The van der Waals surface area contributed by atoms with Gasteiger partial charge < -0.3 is 15.0 Å². The smallest absolute Gasteiger partial charge is 0.226 e. The van der Waals surface area contributed by atoms with Gasteiger partial charge in [-0.05, 0) is 31.7 Å². The molecule has 0 aromatic carbocycles. The first-order chi connectivity index (χ1) is 9.78. The average molecular weight is 292 g/mol. The van der Waals surface area contributed by atoms with Gasteiger partial charge in [0, 0.05) is 26.2 Å². The Bertz CT molecular complexity index is 586. The van der Waals surface area contributed by atoms with E-state index in [9.17, 15) is 0 Å². The van der Waals surface area contributed by atoms with Gasteiger partial charge in [0.15, 0.2) is 0 Å². The van der Waals surface area contributed by atoms with Crippen LogP contribution in [0.25, 0.3) is 10.2 Å². The van der Waals surface area contributed by atoms with E-state index in [2.05, 4.69) is 40.5 Å². The van der Waals surface area contributed by atoms with Crippen LogP contribution in [0.5, 0.6) is 0 Å². The third kappa shape index (κ3) is 2.71. The number of aromatic nitrogens is 2. The number of anilines is 2. The second kappa shape index (κ2) is 5.93. The summed E-state index contributed by atoms with van der Waals surface area (Å²) < 4.78 is 5.73. The Balaban J connectivity index is 2.01. The molecule has 1 saturated heterocycles. The molecule has 2 aromatic rings. The molecule has 108 valence electrons. The van der Waals surface area contributed by atoms with Crippen LogP contribution in [0, 0.1) is 0 Å². The number of nitrogens with one attached hydrogen (secondary N) is 1. The van der Waals surface area contributed by atoms with Crippen LogP contribution < -0.4 is 10.2 Å². The molecule has 0 aliphatic carbocycles. The predicted octanol–water partition coefficient (Wildman–Crippen LogP) is 2.74. The Hall–Kier alpha value is -1.40. The Morgan fingerprint density at radius 3 is 3.25 bits per heavy atom. The van der Waals surface area contributed by atoms with E-state index in [0.29, 0.717) is 0 Å². The van der Waals surface area contributed by atoms with E-state index in [-0.39, 0.29) is 6.10 Å². The number of hydrogen-bond acceptors (Lipinski definition) is 6. The summed E-state index contributed by atoms with van der Waals surface area (Å²) in [7, 11) is 0. The quantitative estimate of drug-likeness (QED) is 0.942. The van der Waals surface area contributed by atoms with Gasteiger partial charge in [0.05, 0.1) is 11.5 Å². The van der Waals surface area contributed by atoms with Gasteiger partial charge in [-0.25, -0.2) is 4.98 Å². The van der Waals surface area contributed by atoms with E-state index in [4.69, 9.17) is 9.72 Å². The maximum atomic E-state index is 5.73. The highest BCUT2D eigenvalue weighted by atomic mass is 32.1. The zero-order valence-corrected chi connectivity index (χ0v) is 12.7. The molecule has 0 saturated carbocycles. The topological polar surface area (TPSA) is 50.3 Å². The fourth-order valence-electron chi connectivity index (χ4n) is 2.50. The van der Waals surface area contributed by atoms with Crippen molar-refractivity contribution in [2.45, 2.75) is 26.4 Å². The van der Waals surface area contributed by atoms with Crippen molar-refractivity contribution in [3.05, 3.63) is 11.4 Å². The van der Waals surface area contributed by atoms with E-state index < -0.39 is 0 Å². The predicted molar refractivity (Wildman–Crippen MR) is 83.8 cm³/mol. The third-order valence-electron chi connectivity index (χ3n) is 3.39. The molecule has 1 atom stereocenters. The SMILES string of the molecule is CCNc1nc(N2CCCOC(C)C2)c2ccsc2n1. The highest BCUT2D eigenvalue weighted by Gasteiger charge is 2.20. The zero-order chi connectivity index (χ0) is 13.9. The lowest BCUT2D eigenvalue weighted by Crippen LogP contribution is -2.31. The van der Waals surface area contributed by atoms with Gasteiger partial charge in [0.1, 0.15) is 10.6 Å². The normalized spacial score (nSPS) is 20.1. The number of nitrogens with zero attached hydrogens (tertiary/aromatic N) is 3. The summed E-state index contributed by atoms with van der Waals surface area (Å²) in [5.41, 5.74) is 0. The van der Waals surface area contributed by atoms with Crippen LogP contribution in [-0.4, -0.2) is 42.3 Å². The molecular formula is C14H20N4OS. The minimum absolute atomic E-state index is 0.240. The van der Waals surface area contributed by atoms with Gasteiger partial charge in [0.2, 0.25) is 5.95 Å². The molecule has 5 nitrogen and oxygen atoms in total. The van der Waals surface area contributed by atoms with Crippen LogP contribution in [0.15, 0.2) is 11.4 Å². The molecule has 0 spiro atoms. The first kappa shape index (κ1) is 13.6. The minimum atomic E-state index is 0.240. The number of fused-ring (bicyclic) bond motifs is 1. The molecule has 1 fully saturated rings. The second-order valence-electron chi connectivity index (χ2n) is 5.02. The maximum Gasteiger partial charge on any atom is 0.226 e. The molecule has 0 bridgehead atoms. The summed E-state index contributed by atoms with van der Waals surface area (Å²) in [6.45, 7) is 7.70. The molecule has 6 heteroatoms. The van der Waals surface area contributed by atoms with E-state index in [1.807, 2.05) is 0 Å². The first-order valence-electron chi connectivity index (χ1n) is 7.13. The van der Waals surface area contributed by atoms with Crippen molar-refractivity contribution < 1.29 is 4.74 Å². The summed E-state index contributed by atoms with van der Waals surface area (Å²) in [6.07, 6.45) is 1.28. The van der Waals surface area contributed by atoms with Gasteiger partial charge in [-0.15, -0.1) is 11.3 Å². The van der Waals surface area contributed by atoms with E-state index in [1.54, 1.807) is 11.3 Å². The van der Waals surface area contributed by atoms with Crippen LogP contribution in [0.1, 0.15) is 20.3 Å². The van der Waals surface area contributed by atoms with E-state index in [0.717, 1.165) is 54.6 Å². The van der Waals surface area contributed by atoms with Gasteiger partial charge in [-0.2, -0.15) is 4.98 Å². The summed E-state index contributed by atoms with van der Waals surface area (Å²) in [5.74, 6) is 1.75. The lowest BCUT2D eigenvalue weighted by molar-refractivity contribution is 0.0820. The standard InChI is InChI=1S/C14H20N4OS/c1-3-15-14-16-12(11-5-8-20-13(11)17-14)18-6-4-7-19-10(2)9-18/h5,8,10H,3-4,6-7,9H2,1-2H3,(H,15,16,17). The van der Waals surface area contributed by atoms with Gasteiger partial charge in [0.25, 0.3) is 0 Å². The molecule has 20 heavy (non-hydrogen) atoms. The molecule has 0 radical (unpaired) electrons. The summed E-state index contributed by atoms with van der Waals surface area (Å²) in [6, 6.07) is 2.11. The van der Waals surface area contributed by atoms with Crippen molar-refractivity contribution in [2.24, 2.45) is 0 Å². The number of hydrogen-bond donors (Lipinski definition) is 1. The Morgan fingerprint density at radius 1 is 1.50 bits per heavy atom. The summed E-state index contributed by atoms with van der Waals surface area (Å²) in [4.78, 5) is 12.7. The lowest BCUT2D eigenvalue weighted by Gasteiger charge is -2.24. The molecule has 1 aliphatic rings. The summed E-state index contributed by atoms with van der Waals surface area (Å²) >= 11 is 1.66. The number of rotatable bonds is 3. The van der Waals surface area contributed by atoms with Crippen LogP contribution in [-0.2, 0) is 4.74 Å². The Kier molecular flexibility index (Phi) is 4.03. The first-order valence-corrected chi connectivity index (χ1v) is 8.01. The van der Waals surface area contributed by atoms with E-state index >= 15 is 0 Å². The van der Waals surface area contributed by atoms with Crippen molar-refractivity contribution in [3.63, 3.8) is 0 Å². The van der Waals surface area contributed by atoms with Crippen molar-refractivity contribution in [1.82, 2.24) is 9.97 Å². The Labute approximate surface area is 123 Å². The largest absolute Gasteiger partial charge is 0.377 e. The number of ether oxygens (including phenoxy) is 1. The van der Waals surface area contributed by atoms with Crippen LogP contribution in [0.4, 0.5) is 11.8 Å². The van der Waals surface area contributed by atoms with Crippen LogP contribution in [0.2, 0.25) is 0 Å². The van der Waals surface area contributed by atoms with Crippen molar-refractivity contribution in [2.75, 3.05) is 36.5 Å². The molecule has 0 amide bonds. The molecular weight excluding hydrogens is 272 g/mol. The maximum absolute atomic E-state index is 5.73. The zero-order valence-electron chi connectivity index (χ0n) is 11.9. The average Bonchev–Trinajstić information content (AvgIpc) is 2.79.